The van der Waals surface area contributed by atoms with E-state index in [0.717, 1.165) is 31.3 Å². The number of allylic oxidation sites excluding steroid dienone is 1. The SMILES string of the molecule is COC(=O)C1=CCC2C(C)(C)CCCC2(C)C1CCC(C)CCOC=O. The average Bonchev–Trinajstić information content (AvgIpc) is 2.58. The van der Waals surface area contributed by atoms with Crippen LogP contribution in [0.4, 0.5) is 0 Å². The Morgan fingerprint density at radius 2 is 2.04 bits per heavy atom. The number of carbonyl (C=O) groups is 2. The van der Waals surface area contributed by atoms with Crippen LogP contribution >= 0.6 is 0 Å². The van der Waals surface area contributed by atoms with Crippen LogP contribution in [0, 0.1) is 28.6 Å². The number of hydrogen-bond acceptors (Lipinski definition) is 4. The number of methoxy groups -OCH3 is 1. The molecule has 4 unspecified atom stereocenters. The van der Waals surface area contributed by atoms with Gasteiger partial charge in [-0.05, 0) is 67.1 Å². The van der Waals surface area contributed by atoms with Crippen LogP contribution in [0.2, 0.25) is 0 Å². The van der Waals surface area contributed by atoms with E-state index >= 15 is 0 Å². The molecule has 0 aromatic heterocycles. The molecule has 0 aromatic rings. The zero-order chi connectivity index (χ0) is 19.4. The highest BCUT2D eigenvalue weighted by atomic mass is 16.5. The zero-order valence-electron chi connectivity index (χ0n) is 17.2. The van der Waals surface area contributed by atoms with E-state index in [1.807, 2.05) is 0 Å². The van der Waals surface area contributed by atoms with Gasteiger partial charge in [-0.2, -0.15) is 0 Å². The first-order valence-electron chi connectivity index (χ1n) is 10.1. The van der Waals surface area contributed by atoms with Crippen molar-refractivity contribution in [1.82, 2.24) is 0 Å². The Labute approximate surface area is 158 Å². The van der Waals surface area contributed by atoms with E-state index in [-0.39, 0.29) is 17.3 Å². The maximum absolute atomic E-state index is 12.5. The van der Waals surface area contributed by atoms with E-state index in [4.69, 9.17) is 9.47 Å². The highest BCUT2D eigenvalue weighted by Gasteiger charge is 2.53. The first-order chi connectivity index (χ1) is 12.3. The van der Waals surface area contributed by atoms with Crippen molar-refractivity contribution in [3.8, 4) is 0 Å². The van der Waals surface area contributed by atoms with E-state index in [1.54, 1.807) is 0 Å². The summed E-state index contributed by atoms with van der Waals surface area (Å²) in [5, 5.41) is 0. The average molecular weight is 365 g/mol. The van der Waals surface area contributed by atoms with Gasteiger partial charge >= 0.3 is 5.97 Å². The van der Waals surface area contributed by atoms with Gasteiger partial charge in [0.2, 0.25) is 0 Å². The van der Waals surface area contributed by atoms with Gasteiger partial charge in [-0.1, -0.05) is 40.2 Å². The molecule has 0 N–H and O–H groups in total. The van der Waals surface area contributed by atoms with Crippen molar-refractivity contribution in [2.45, 2.75) is 72.6 Å². The lowest BCUT2D eigenvalue weighted by molar-refractivity contribution is -0.139. The third-order valence-electron chi connectivity index (χ3n) is 7.19. The van der Waals surface area contributed by atoms with Crippen LogP contribution in [-0.4, -0.2) is 26.2 Å². The molecule has 148 valence electrons. The van der Waals surface area contributed by atoms with E-state index in [1.165, 1.54) is 26.4 Å². The molecule has 0 aliphatic heterocycles. The minimum Gasteiger partial charge on any atom is -0.468 e. The summed E-state index contributed by atoms with van der Waals surface area (Å²) in [7, 11) is 1.48. The van der Waals surface area contributed by atoms with Gasteiger partial charge in [-0.3, -0.25) is 4.79 Å². The second-order valence-electron chi connectivity index (χ2n) is 9.28. The third-order valence-corrected chi connectivity index (χ3v) is 7.19. The topological polar surface area (TPSA) is 52.6 Å². The standard InChI is InChI=1S/C22H36O4/c1-16(11-14-26-15-23)7-9-18-17(20(24)25-5)8-10-19-21(2,3)12-6-13-22(18,19)4/h8,15-16,18-19H,6-7,9-14H2,1-5H3. The fraction of sp³-hybridized carbons (Fsp3) is 0.818. The highest BCUT2D eigenvalue weighted by Crippen LogP contribution is 2.60. The molecule has 26 heavy (non-hydrogen) atoms. The molecule has 0 radical (unpaired) electrons. The first kappa shape index (κ1) is 21.0. The lowest BCUT2D eigenvalue weighted by Gasteiger charge is -2.56. The summed E-state index contributed by atoms with van der Waals surface area (Å²) in [5.74, 6) is 1.17. The monoisotopic (exact) mass is 364 g/mol. The van der Waals surface area contributed by atoms with Gasteiger partial charge in [0.25, 0.3) is 6.47 Å². The van der Waals surface area contributed by atoms with Gasteiger partial charge in [0.05, 0.1) is 13.7 Å². The van der Waals surface area contributed by atoms with Gasteiger partial charge in [-0.15, -0.1) is 0 Å². The predicted octanol–water partition coefficient (Wildman–Crippen LogP) is 4.92. The smallest absolute Gasteiger partial charge is 0.333 e. The van der Waals surface area contributed by atoms with Gasteiger partial charge in [0, 0.05) is 5.57 Å². The predicted molar refractivity (Wildman–Crippen MR) is 102 cm³/mol. The maximum atomic E-state index is 12.5. The summed E-state index contributed by atoms with van der Waals surface area (Å²) in [6.07, 6.45) is 9.71. The van der Waals surface area contributed by atoms with Crippen LogP contribution in [0.25, 0.3) is 0 Å². The summed E-state index contributed by atoms with van der Waals surface area (Å²) >= 11 is 0. The van der Waals surface area contributed by atoms with Crippen molar-refractivity contribution in [1.29, 1.82) is 0 Å². The third kappa shape index (κ3) is 4.32. The van der Waals surface area contributed by atoms with Crippen molar-refractivity contribution in [2.75, 3.05) is 13.7 Å². The Bertz CT molecular complexity index is 536. The van der Waals surface area contributed by atoms with E-state index in [0.29, 0.717) is 30.3 Å². The van der Waals surface area contributed by atoms with Crippen LogP contribution in [0.1, 0.15) is 72.6 Å². The molecule has 0 aromatic carbocycles. The molecule has 4 heteroatoms. The lowest BCUT2D eigenvalue weighted by Crippen LogP contribution is -2.49. The molecule has 0 amide bonds. The largest absolute Gasteiger partial charge is 0.468 e. The molecule has 2 aliphatic rings. The van der Waals surface area contributed by atoms with Gasteiger partial charge in [0.1, 0.15) is 0 Å². The van der Waals surface area contributed by atoms with Crippen molar-refractivity contribution < 1.29 is 19.1 Å². The lowest BCUT2D eigenvalue weighted by atomic mass is 9.48. The van der Waals surface area contributed by atoms with Gasteiger partial charge in [-0.25, -0.2) is 4.79 Å². The van der Waals surface area contributed by atoms with Gasteiger partial charge < -0.3 is 9.47 Å². The molecule has 1 saturated carbocycles. The Hall–Kier alpha value is -1.32. The van der Waals surface area contributed by atoms with Crippen molar-refractivity contribution >= 4 is 12.4 Å². The summed E-state index contributed by atoms with van der Waals surface area (Å²) in [5.41, 5.74) is 1.35. The zero-order valence-corrected chi connectivity index (χ0v) is 17.2. The quantitative estimate of drug-likeness (QED) is 0.348. The van der Waals surface area contributed by atoms with Crippen LogP contribution in [0.15, 0.2) is 11.6 Å². The second kappa shape index (κ2) is 8.58. The minimum atomic E-state index is -0.157. The summed E-state index contributed by atoms with van der Waals surface area (Å²) in [6.45, 7) is 10.4. The fourth-order valence-electron chi connectivity index (χ4n) is 5.66. The number of rotatable bonds is 8. The van der Waals surface area contributed by atoms with Crippen LogP contribution in [-0.2, 0) is 19.1 Å². The van der Waals surface area contributed by atoms with E-state index < -0.39 is 0 Å². The van der Waals surface area contributed by atoms with E-state index in [9.17, 15) is 9.59 Å². The summed E-state index contributed by atoms with van der Waals surface area (Å²) in [4.78, 5) is 22.8. The Balaban J connectivity index is 2.19. The number of hydrogen-bond donors (Lipinski definition) is 0. The molecule has 4 atom stereocenters. The minimum absolute atomic E-state index is 0.152. The molecule has 0 saturated heterocycles. The van der Waals surface area contributed by atoms with Crippen molar-refractivity contribution in [3.05, 3.63) is 11.6 Å². The Morgan fingerprint density at radius 1 is 1.31 bits per heavy atom. The normalized spacial score (nSPS) is 31.3. The molecule has 4 nitrogen and oxygen atoms in total. The van der Waals surface area contributed by atoms with E-state index in [2.05, 4.69) is 33.8 Å². The molecule has 1 fully saturated rings. The molecule has 0 heterocycles. The number of ether oxygens (including phenoxy) is 2. The molecule has 2 aliphatic carbocycles. The number of fused-ring (bicyclic) bond motifs is 1. The second-order valence-corrected chi connectivity index (χ2v) is 9.28. The summed E-state index contributed by atoms with van der Waals surface area (Å²) < 4.78 is 9.96. The molecular formula is C22H36O4. The Morgan fingerprint density at radius 3 is 2.69 bits per heavy atom. The van der Waals surface area contributed by atoms with Crippen molar-refractivity contribution in [2.24, 2.45) is 28.6 Å². The first-order valence-corrected chi connectivity index (χ1v) is 10.1. The van der Waals surface area contributed by atoms with Crippen molar-refractivity contribution in [3.63, 3.8) is 0 Å². The number of carbonyl (C=O) groups excluding carboxylic acids is 2. The molecular weight excluding hydrogens is 328 g/mol. The highest BCUT2D eigenvalue weighted by molar-refractivity contribution is 5.89. The molecule has 0 spiro atoms. The van der Waals surface area contributed by atoms with Crippen LogP contribution in [0.3, 0.4) is 0 Å². The van der Waals surface area contributed by atoms with Crippen LogP contribution < -0.4 is 0 Å². The Kier molecular flexibility index (Phi) is 6.92. The fourth-order valence-corrected chi connectivity index (χ4v) is 5.66. The van der Waals surface area contributed by atoms with Gasteiger partial charge in [0.15, 0.2) is 0 Å². The van der Waals surface area contributed by atoms with Crippen LogP contribution in [0.5, 0.6) is 0 Å². The molecule has 2 rings (SSSR count). The molecule has 0 bridgehead atoms. The number of esters is 1. The maximum Gasteiger partial charge on any atom is 0.333 e. The summed E-state index contributed by atoms with van der Waals surface area (Å²) in [6, 6.07) is 0.